The van der Waals surface area contributed by atoms with E-state index in [2.05, 4.69) is 4.98 Å². The Balaban J connectivity index is 1.49. The molecule has 26 heavy (non-hydrogen) atoms. The van der Waals surface area contributed by atoms with Crippen LogP contribution in [0.4, 0.5) is 0 Å². The van der Waals surface area contributed by atoms with Crippen LogP contribution in [0.15, 0.2) is 24.3 Å². The second-order valence-electron chi connectivity index (χ2n) is 7.62. The predicted molar refractivity (Wildman–Crippen MR) is 102 cm³/mol. The topological polar surface area (TPSA) is 56.4 Å². The van der Waals surface area contributed by atoms with Crippen molar-refractivity contribution in [3.8, 4) is 0 Å². The Kier molecular flexibility index (Phi) is 4.70. The molecule has 4 rings (SSSR count). The summed E-state index contributed by atoms with van der Waals surface area (Å²) < 4.78 is 0. The van der Waals surface area contributed by atoms with Crippen molar-refractivity contribution in [3.05, 3.63) is 35.5 Å². The SMILES string of the molecule is Cc1[nH]c2ccccc2c1C(=O)N1CCCN(C(=O)C2CCCC2)CC1. The Morgan fingerprint density at radius 3 is 2.46 bits per heavy atom. The molecule has 0 atom stereocenters. The lowest BCUT2D eigenvalue weighted by Crippen LogP contribution is -2.39. The van der Waals surface area contributed by atoms with Crippen molar-refractivity contribution in [1.29, 1.82) is 0 Å². The van der Waals surface area contributed by atoms with Crippen LogP contribution in [0.1, 0.15) is 48.2 Å². The molecule has 2 aliphatic rings. The number of aryl methyl sites for hydroxylation is 1. The minimum absolute atomic E-state index is 0.0788. The van der Waals surface area contributed by atoms with E-state index in [1.807, 2.05) is 41.0 Å². The maximum Gasteiger partial charge on any atom is 0.256 e. The first-order valence-electron chi connectivity index (χ1n) is 9.80. The van der Waals surface area contributed by atoms with Crippen LogP contribution in [0, 0.1) is 12.8 Å². The summed E-state index contributed by atoms with van der Waals surface area (Å²) in [6, 6.07) is 7.95. The van der Waals surface area contributed by atoms with Crippen molar-refractivity contribution >= 4 is 22.7 Å². The molecule has 0 unspecified atom stereocenters. The smallest absolute Gasteiger partial charge is 0.256 e. The number of benzene rings is 1. The number of para-hydroxylation sites is 1. The highest BCUT2D eigenvalue weighted by Gasteiger charge is 2.30. The minimum Gasteiger partial charge on any atom is -0.358 e. The number of nitrogens with zero attached hydrogens (tertiary/aromatic N) is 2. The van der Waals surface area contributed by atoms with E-state index in [4.69, 9.17) is 0 Å². The molecule has 1 saturated heterocycles. The van der Waals surface area contributed by atoms with Crippen LogP contribution in [0.3, 0.4) is 0 Å². The Bertz CT molecular complexity index is 820. The van der Waals surface area contributed by atoms with Gasteiger partial charge in [-0.3, -0.25) is 9.59 Å². The first-order valence-corrected chi connectivity index (χ1v) is 9.80. The molecule has 1 aromatic carbocycles. The number of H-pyrrole nitrogens is 1. The summed E-state index contributed by atoms with van der Waals surface area (Å²) in [4.78, 5) is 33.1. The lowest BCUT2D eigenvalue weighted by atomic mass is 10.1. The average molecular weight is 353 g/mol. The highest BCUT2D eigenvalue weighted by molar-refractivity contribution is 6.08. The van der Waals surface area contributed by atoms with Crippen LogP contribution in [0.25, 0.3) is 10.9 Å². The zero-order chi connectivity index (χ0) is 18.1. The van der Waals surface area contributed by atoms with Gasteiger partial charge < -0.3 is 14.8 Å². The maximum absolute atomic E-state index is 13.2. The highest BCUT2D eigenvalue weighted by atomic mass is 16.2. The van der Waals surface area contributed by atoms with E-state index in [9.17, 15) is 9.59 Å². The van der Waals surface area contributed by atoms with E-state index in [0.29, 0.717) is 25.5 Å². The van der Waals surface area contributed by atoms with Crippen LogP contribution in [-0.2, 0) is 4.79 Å². The Labute approximate surface area is 154 Å². The van der Waals surface area contributed by atoms with Crippen LogP contribution in [0.2, 0.25) is 0 Å². The fourth-order valence-electron chi connectivity index (χ4n) is 4.48. The molecule has 0 spiro atoms. The molecule has 2 heterocycles. The number of hydrogen-bond acceptors (Lipinski definition) is 2. The third-order valence-electron chi connectivity index (χ3n) is 5.91. The fraction of sp³-hybridized carbons (Fsp3) is 0.524. The Morgan fingerprint density at radius 2 is 1.65 bits per heavy atom. The normalized spacial score (nSPS) is 19.1. The number of aromatic amines is 1. The highest BCUT2D eigenvalue weighted by Crippen LogP contribution is 2.27. The molecule has 2 aromatic rings. The number of fused-ring (bicyclic) bond motifs is 1. The van der Waals surface area contributed by atoms with Crippen molar-refractivity contribution in [3.63, 3.8) is 0 Å². The van der Waals surface area contributed by atoms with Gasteiger partial charge in [-0.2, -0.15) is 0 Å². The van der Waals surface area contributed by atoms with E-state index in [1.165, 1.54) is 12.8 Å². The van der Waals surface area contributed by atoms with Gasteiger partial charge in [0, 0.05) is 48.7 Å². The summed E-state index contributed by atoms with van der Waals surface area (Å²) in [6.07, 6.45) is 5.27. The molecule has 1 aliphatic heterocycles. The van der Waals surface area contributed by atoms with Gasteiger partial charge in [-0.1, -0.05) is 31.0 Å². The maximum atomic E-state index is 13.2. The molecule has 0 radical (unpaired) electrons. The van der Waals surface area contributed by atoms with Crippen molar-refractivity contribution in [2.24, 2.45) is 5.92 Å². The van der Waals surface area contributed by atoms with E-state index in [0.717, 1.165) is 48.0 Å². The first kappa shape index (κ1) is 17.1. The van der Waals surface area contributed by atoms with Gasteiger partial charge in [0.25, 0.3) is 5.91 Å². The molecule has 138 valence electrons. The summed E-state index contributed by atoms with van der Waals surface area (Å²) in [5, 5.41) is 0.984. The molecule has 1 N–H and O–H groups in total. The van der Waals surface area contributed by atoms with Crippen molar-refractivity contribution in [1.82, 2.24) is 14.8 Å². The molecular formula is C21H27N3O2. The predicted octanol–water partition coefficient (Wildman–Crippen LogP) is 3.34. The quantitative estimate of drug-likeness (QED) is 0.900. The largest absolute Gasteiger partial charge is 0.358 e. The first-order chi connectivity index (χ1) is 12.6. The monoisotopic (exact) mass is 353 g/mol. The average Bonchev–Trinajstić information content (AvgIpc) is 3.21. The second-order valence-corrected chi connectivity index (χ2v) is 7.62. The summed E-state index contributed by atoms with van der Waals surface area (Å²) in [5.41, 5.74) is 2.69. The molecule has 5 nitrogen and oxygen atoms in total. The van der Waals surface area contributed by atoms with Crippen molar-refractivity contribution in [2.75, 3.05) is 26.2 Å². The third-order valence-corrected chi connectivity index (χ3v) is 5.91. The minimum atomic E-state index is 0.0788. The number of nitrogens with one attached hydrogen (secondary N) is 1. The fourth-order valence-corrected chi connectivity index (χ4v) is 4.48. The van der Waals surface area contributed by atoms with Gasteiger partial charge in [-0.15, -0.1) is 0 Å². The molecule has 5 heteroatoms. The molecule has 2 amide bonds. The molecule has 2 fully saturated rings. The van der Waals surface area contributed by atoms with Crippen LogP contribution >= 0.6 is 0 Å². The molecular weight excluding hydrogens is 326 g/mol. The van der Waals surface area contributed by atoms with Crippen molar-refractivity contribution < 1.29 is 9.59 Å². The van der Waals surface area contributed by atoms with E-state index < -0.39 is 0 Å². The zero-order valence-corrected chi connectivity index (χ0v) is 15.5. The van der Waals surface area contributed by atoms with Gasteiger partial charge in [0.1, 0.15) is 0 Å². The number of carbonyl (C=O) groups is 2. The lowest BCUT2D eigenvalue weighted by Gasteiger charge is -2.24. The van der Waals surface area contributed by atoms with E-state index in [-0.39, 0.29) is 11.8 Å². The van der Waals surface area contributed by atoms with Gasteiger partial charge in [0.2, 0.25) is 5.91 Å². The summed E-state index contributed by atoms with van der Waals surface area (Å²) in [7, 11) is 0. The molecule has 0 bridgehead atoms. The molecule has 1 aromatic heterocycles. The second kappa shape index (κ2) is 7.14. The summed E-state index contributed by atoms with van der Waals surface area (Å²) in [6.45, 7) is 4.72. The number of hydrogen-bond donors (Lipinski definition) is 1. The van der Waals surface area contributed by atoms with Crippen LogP contribution in [0.5, 0.6) is 0 Å². The molecule has 1 aliphatic carbocycles. The number of aromatic nitrogens is 1. The van der Waals surface area contributed by atoms with Gasteiger partial charge in [0.15, 0.2) is 0 Å². The summed E-state index contributed by atoms with van der Waals surface area (Å²) in [5.74, 6) is 0.600. The standard InChI is InChI=1S/C21H27N3O2/c1-15-19(17-9-4-5-10-18(17)22-15)21(26)24-12-6-11-23(13-14-24)20(25)16-7-2-3-8-16/h4-5,9-10,16,22H,2-3,6-8,11-14H2,1H3. The van der Waals surface area contributed by atoms with Crippen molar-refractivity contribution in [2.45, 2.75) is 39.0 Å². The number of rotatable bonds is 2. The van der Waals surface area contributed by atoms with Gasteiger partial charge >= 0.3 is 0 Å². The lowest BCUT2D eigenvalue weighted by molar-refractivity contribution is -0.135. The van der Waals surface area contributed by atoms with E-state index in [1.54, 1.807) is 0 Å². The molecule has 1 saturated carbocycles. The number of amides is 2. The zero-order valence-electron chi connectivity index (χ0n) is 15.5. The van der Waals surface area contributed by atoms with Gasteiger partial charge in [-0.25, -0.2) is 0 Å². The Morgan fingerprint density at radius 1 is 0.962 bits per heavy atom. The van der Waals surface area contributed by atoms with Gasteiger partial charge in [-0.05, 0) is 32.3 Å². The summed E-state index contributed by atoms with van der Waals surface area (Å²) >= 11 is 0. The van der Waals surface area contributed by atoms with Gasteiger partial charge in [0.05, 0.1) is 5.56 Å². The van der Waals surface area contributed by atoms with Crippen LogP contribution < -0.4 is 0 Å². The van der Waals surface area contributed by atoms with E-state index >= 15 is 0 Å². The van der Waals surface area contributed by atoms with Crippen LogP contribution in [-0.4, -0.2) is 52.8 Å². The third kappa shape index (κ3) is 3.11. The Hall–Kier alpha value is -2.30. The number of carbonyl (C=O) groups excluding carboxylic acids is 2.